The molecule has 2 saturated carbocycles. The molecule has 2 aromatic rings. The van der Waals surface area contributed by atoms with Crippen LogP contribution in [0, 0.1) is 23.2 Å². The molecule has 4 heteroatoms. The predicted molar refractivity (Wildman–Crippen MR) is 146 cm³/mol. The molecule has 0 unspecified atom stereocenters. The SMILES string of the molecule is CN(CCCCC[C@H]1C[C@]2(C)[C@@H](O)CC[C@H]2[C@@H]2CCc3cc(O)ccc3[C@@H]12)CCCc1cccnc1. The van der Waals surface area contributed by atoms with Gasteiger partial charge in [0.15, 0.2) is 0 Å². The molecule has 0 saturated heterocycles. The maximum atomic E-state index is 11.0. The van der Waals surface area contributed by atoms with Crippen LogP contribution in [0.4, 0.5) is 0 Å². The van der Waals surface area contributed by atoms with Crippen LogP contribution < -0.4 is 0 Å². The van der Waals surface area contributed by atoms with E-state index in [-0.39, 0.29) is 11.5 Å². The highest BCUT2D eigenvalue weighted by molar-refractivity contribution is 5.40. The van der Waals surface area contributed by atoms with E-state index in [4.69, 9.17) is 0 Å². The van der Waals surface area contributed by atoms with Gasteiger partial charge in [-0.2, -0.15) is 0 Å². The molecule has 3 aliphatic rings. The van der Waals surface area contributed by atoms with E-state index in [1.807, 2.05) is 30.6 Å². The predicted octanol–water partition coefficient (Wildman–Crippen LogP) is 6.36. The number of unbranched alkanes of at least 4 members (excludes halogenated alkanes) is 2. The van der Waals surface area contributed by atoms with Crippen LogP contribution in [0.1, 0.15) is 87.3 Å². The van der Waals surface area contributed by atoms with Crippen molar-refractivity contribution >= 4 is 0 Å². The van der Waals surface area contributed by atoms with E-state index in [0.29, 0.717) is 29.4 Å². The van der Waals surface area contributed by atoms with Crippen molar-refractivity contribution in [2.45, 2.75) is 89.6 Å². The number of pyridine rings is 1. The third kappa shape index (κ3) is 5.36. The van der Waals surface area contributed by atoms with Crippen LogP contribution in [0.2, 0.25) is 0 Å². The Morgan fingerprint density at radius 2 is 1.92 bits per heavy atom. The van der Waals surface area contributed by atoms with Gasteiger partial charge in [-0.15, -0.1) is 0 Å². The van der Waals surface area contributed by atoms with E-state index in [2.05, 4.69) is 36.0 Å². The Morgan fingerprint density at radius 1 is 1.06 bits per heavy atom. The van der Waals surface area contributed by atoms with E-state index < -0.39 is 0 Å². The lowest BCUT2D eigenvalue weighted by atomic mass is 9.51. The third-order valence-corrected chi connectivity index (χ3v) is 10.1. The fraction of sp³-hybridized carbons (Fsp3) is 0.656. The molecule has 1 aromatic heterocycles. The van der Waals surface area contributed by atoms with Gasteiger partial charge in [0.1, 0.15) is 5.75 Å². The van der Waals surface area contributed by atoms with E-state index in [0.717, 1.165) is 32.2 Å². The van der Waals surface area contributed by atoms with Gasteiger partial charge in [0, 0.05) is 12.4 Å². The molecule has 1 aromatic carbocycles. The minimum Gasteiger partial charge on any atom is -0.508 e. The van der Waals surface area contributed by atoms with E-state index in [9.17, 15) is 10.2 Å². The number of aliphatic hydroxyl groups is 1. The number of aryl methyl sites for hydroxylation is 2. The van der Waals surface area contributed by atoms with Gasteiger partial charge >= 0.3 is 0 Å². The molecule has 3 aliphatic carbocycles. The Balaban J connectivity index is 1.14. The average Bonchev–Trinajstić information content (AvgIpc) is 3.17. The van der Waals surface area contributed by atoms with Gasteiger partial charge in [0.05, 0.1) is 6.10 Å². The molecule has 0 bridgehead atoms. The summed E-state index contributed by atoms with van der Waals surface area (Å²) < 4.78 is 0. The first-order chi connectivity index (χ1) is 17.5. The van der Waals surface area contributed by atoms with Crippen LogP contribution >= 0.6 is 0 Å². The molecule has 1 heterocycles. The van der Waals surface area contributed by atoms with Gasteiger partial charge in [0.25, 0.3) is 0 Å². The van der Waals surface area contributed by atoms with Crippen molar-refractivity contribution in [1.29, 1.82) is 0 Å². The number of hydrogen-bond donors (Lipinski definition) is 2. The van der Waals surface area contributed by atoms with Crippen molar-refractivity contribution in [2.75, 3.05) is 20.1 Å². The lowest BCUT2D eigenvalue weighted by Gasteiger charge is -2.54. The van der Waals surface area contributed by atoms with Gasteiger partial charge in [-0.25, -0.2) is 0 Å². The number of fused-ring (bicyclic) bond motifs is 5. The lowest BCUT2D eigenvalue weighted by molar-refractivity contribution is -0.0501. The van der Waals surface area contributed by atoms with Gasteiger partial charge in [-0.05, 0) is 142 Å². The molecule has 0 amide bonds. The topological polar surface area (TPSA) is 56.6 Å². The second-order valence-corrected chi connectivity index (χ2v) is 12.4. The number of hydrogen-bond acceptors (Lipinski definition) is 4. The fourth-order valence-electron chi connectivity index (χ4n) is 8.31. The number of phenols is 1. The standard InChI is InChI=1S/C32H46N2O2/c1-32-21-25(10-4-3-5-18-34(2)19-7-9-23-8-6-17-33-22-23)31-27-14-12-26(35)20-24(27)11-13-28(31)29(32)15-16-30(32)36/h6,8,12,14,17,20,22,25,28-31,35-36H,3-5,7,9-11,13,15-16,18-19,21H2,1-2H3/t25-,28-,29-,30-,31+,32-/m0/s1. The van der Waals surface area contributed by atoms with Gasteiger partial charge < -0.3 is 15.1 Å². The van der Waals surface area contributed by atoms with Crippen molar-refractivity contribution in [1.82, 2.24) is 9.88 Å². The summed E-state index contributed by atoms with van der Waals surface area (Å²) in [4.78, 5) is 6.70. The van der Waals surface area contributed by atoms with Gasteiger partial charge in [0.2, 0.25) is 0 Å². The maximum absolute atomic E-state index is 11.0. The second kappa shape index (κ2) is 11.2. The Hall–Kier alpha value is -1.91. The van der Waals surface area contributed by atoms with E-state index in [1.54, 1.807) is 0 Å². The number of benzene rings is 1. The van der Waals surface area contributed by atoms with Crippen molar-refractivity contribution in [3.05, 3.63) is 59.4 Å². The Kier molecular flexibility index (Phi) is 8.02. The van der Waals surface area contributed by atoms with E-state index in [1.165, 1.54) is 68.2 Å². The number of aromatic nitrogens is 1. The fourth-order valence-corrected chi connectivity index (χ4v) is 8.31. The summed E-state index contributed by atoms with van der Waals surface area (Å²) >= 11 is 0. The molecular formula is C32H46N2O2. The summed E-state index contributed by atoms with van der Waals surface area (Å²) in [5.74, 6) is 2.99. The zero-order chi connectivity index (χ0) is 25.1. The van der Waals surface area contributed by atoms with Gasteiger partial charge in [-0.3, -0.25) is 4.98 Å². The lowest BCUT2D eigenvalue weighted by Crippen LogP contribution is -2.47. The average molecular weight is 491 g/mol. The third-order valence-electron chi connectivity index (χ3n) is 10.1. The number of nitrogens with zero attached hydrogens (tertiary/aromatic N) is 2. The molecule has 2 N–H and O–H groups in total. The quantitative estimate of drug-likeness (QED) is 0.381. The summed E-state index contributed by atoms with van der Waals surface area (Å²) in [5, 5.41) is 21.1. The molecular weight excluding hydrogens is 444 g/mol. The van der Waals surface area contributed by atoms with Crippen molar-refractivity contribution in [3.8, 4) is 5.75 Å². The zero-order valence-electron chi connectivity index (χ0n) is 22.4. The molecule has 6 atom stereocenters. The van der Waals surface area contributed by atoms with Crippen LogP contribution in [0.3, 0.4) is 0 Å². The number of rotatable bonds is 10. The van der Waals surface area contributed by atoms with Crippen LogP contribution in [-0.4, -0.2) is 46.3 Å². The number of aliphatic hydroxyl groups excluding tert-OH is 1. The molecule has 196 valence electrons. The Morgan fingerprint density at radius 3 is 2.75 bits per heavy atom. The van der Waals surface area contributed by atoms with Gasteiger partial charge in [-0.1, -0.05) is 31.9 Å². The molecule has 5 rings (SSSR count). The van der Waals surface area contributed by atoms with Crippen LogP contribution in [-0.2, 0) is 12.8 Å². The molecule has 0 aliphatic heterocycles. The largest absolute Gasteiger partial charge is 0.508 e. The first kappa shape index (κ1) is 25.7. The summed E-state index contributed by atoms with van der Waals surface area (Å²) in [6.45, 7) is 4.71. The normalized spacial score (nSPS) is 31.2. The highest BCUT2D eigenvalue weighted by atomic mass is 16.3. The Labute approximate surface area is 218 Å². The number of phenolic OH excluding ortho intramolecular Hbond substituents is 1. The minimum atomic E-state index is -0.132. The van der Waals surface area contributed by atoms with Crippen LogP contribution in [0.5, 0.6) is 5.75 Å². The first-order valence-corrected chi connectivity index (χ1v) is 14.5. The monoisotopic (exact) mass is 490 g/mol. The molecule has 36 heavy (non-hydrogen) atoms. The van der Waals surface area contributed by atoms with Crippen LogP contribution in [0.25, 0.3) is 0 Å². The smallest absolute Gasteiger partial charge is 0.115 e. The molecule has 4 nitrogen and oxygen atoms in total. The number of aromatic hydroxyl groups is 1. The second-order valence-electron chi connectivity index (χ2n) is 12.4. The molecule has 2 fully saturated rings. The van der Waals surface area contributed by atoms with E-state index >= 15 is 0 Å². The summed E-state index contributed by atoms with van der Waals surface area (Å²) in [7, 11) is 2.26. The first-order valence-electron chi connectivity index (χ1n) is 14.5. The summed E-state index contributed by atoms with van der Waals surface area (Å²) in [6, 6.07) is 10.3. The summed E-state index contributed by atoms with van der Waals surface area (Å²) in [5.41, 5.74) is 4.30. The Bertz CT molecular complexity index is 995. The van der Waals surface area contributed by atoms with Crippen molar-refractivity contribution < 1.29 is 10.2 Å². The highest BCUT2D eigenvalue weighted by Gasteiger charge is 2.57. The van der Waals surface area contributed by atoms with Crippen molar-refractivity contribution in [2.24, 2.45) is 23.2 Å². The molecule has 0 radical (unpaired) electrons. The van der Waals surface area contributed by atoms with Crippen LogP contribution in [0.15, 0.2) is 42.7 Å². The zero-order valence-corrected chi connectivity index (χ0v) is 22.4. The maximum Gasteiger partial charge on any atom is 0.115 e. The highest BCUT2D eigenvalue weighted by Crippen LogP contribution is 2.63. The minimum absolute atomic E-state index is 0.0920. The summed E-state index contributed by atoms with van der Waals surface area (Å²) in [6.07, 6.45) is 16.7. The van der Waals surface area contributed by atoms with Crippen molar-refractivity contribution in [3.63, 3.8) is 0 Å². The molecule has 0 spiro atoms.